The molecule has 3 heteroatoms. The number of benzene rings is 1. The van der Waals surface area contributed by atoms with Crippen LogP contribution >= 0.6 is 0 Å². The molecular formula is C16H23NO2. The first kappa shape index (κ1) is 13.9. The normalized spacial score (nSPS) is 27.0. The van der Waals surface area contributed by atoms with Crippen LogP contribution in [-0.4, -0.2) is 17.1 Å². The molecule has 0 aliphatic heterocycles. The molecule has 1 aliphatic carbocycles. The third kappa shape index (κ3) is 3.49. The van der Waals surface area contributed by atoms with Crippen molar-refractivity contribution in [3.05, 3.63) is 29.3 Å². The number of carbonyl (C=O) groups is 1. The minimum Gasteiger partial charge on any atom is -0.507 e. The number of rotatable bonds is 2. The second-order valence-electron chi connectivity index (χ2n) is 6.11. The molecule has 1 amide bonds. The van der Waals surface area contributed by atoms with Crippen molar-refractivity contribution in [2.45, 2.75) is 46.1 Å². The fourth-order valence-corrected chi connectivity index (χ4v) is 3.16. The second kappa shape index (κ2) is 5.64. The van der Waals surface area contributed by atoms with Gasteiger partial charge in [-0.1, -0.05) is 25.5 Å². The quantitative estimate of drug-likeness (QED) is 0.858. The van der Waals surface area contributed by atoms with Gasteiger partial charge in [0.25, 0.3) is 5.91 Å². The lowest BCUT2D eigenvalue weighted by molar-refractivity contribution is 0.0908. The Morgan fingerprint density at radius 3 is 2.47 bits per heavy atom. The maximum atomic E-state index is 12.2. The number of carbonyl (C=O) groups excluding carboxylic acids is 1. The van der Waals surface area contributed by atoms with Gasteiger partial charge in [-0.05, 0) is 50.2 Å². The van der Waals surface area contributed by atoms with Crippen LogP contribution in [-0.2, 0) is 0 Å². The molecular weight excluding hydrogens is 238 g/mol. The zero-order chi connectivity index (χ0) is 14.0. The van der Waals surface area contributed by atoms with Gasteiger partial charge in [-0.3, -0.25) is 4.79 Å². The van der Waals surface area contributed by atoms with Gasteiger partial charge >= 0.3 is 0 Å². The molecule has 1 saturated carbocycles. The maximum absolute atomic E-state index is 12.2. The zero-order valence-corrected chi connectivity index (χ0v) is 11.9. The summed E-state index contributed by atoms with van der Waals surface area (Å²) in [6.45, 7) is 6.39. The van der Waals surface area contributed by atoms with Gasteiger partial charge in [0, 0.05) is 6.04 Å². The van der Waals surface area contributed by atoms with Crippen molar-refractivity contribution < 1.29 is 9.90 Å². The minimum absolute atomic E-state index is 0.0556. The SMILES string of the molecule is Cc1ccc(O)c(C(=O)NC2CC(C)CC(C)C2)c1. The molecule has 2 N–H and O–H groups in total. The zero-order valence-electron chi connectivity index (χ0n) is 11.9. The van der Waals surface area contributed by atoms with E-state index in [2.05, 4.69) is 19.2 Å². The fraction of sp³-hybridized carbons (Fsp3) is 0.562. The lowest BCUT2D eigenvalue weighted by Gasteiger charge is -2.32. The minimum atomic E-state index is -0.160. The van der Waals surface area contributed by atoms with E-state index in [9.17, 15) is 9.90 Å². The molecule has 3 nitrogen and oxygen atoms in total. The summed E-state index contributed by atoms with van der Waals surface area (Å²) in [4.78, 5) is 12.2. The van der Waals surface area contributed by atoms with E-state index in [4.69, 9.17) is 0 Å². The van der Waals surface area contributed by atoms with E-state index in [1.54, 1.807) is 18.2 Å². The molecule has 0 bridgehead atoms. The average Bonchev–Trinajstić information content (AvgIpc) is 2.30. The van der Waals surface area contributed by atoms with Crippen molar-refractivity contribution >= 4 is 5.91 Å². The van der Waals surface area contributed by atoms with Gasteiger partial charge in [0.2, 0.25) is 0 Å². The van der Waals surface area contributed by atoms with Gasteiger partial charge in [0.15, 0.2) is 0 Å². The summed E-state index contributed by atoms with van der Waals surface area (Å²) in [5, 5.41) is 12.8. The molecule has 1 aromatic carbocycles. The van der Waals surface area contributed by atoms with E-state index in [0.29, 0.717) is 17.4 Å². The van der Waals surface area contributed by atoms with Crippen LogP contribution in [0.5, 0.6) is 5.75 Å². The highest BCUT2D eigenvalue weighted by Gasteiger charge is 2.25. The van der Waals surface area contributed by atoms with E-state index < -0.39 is 0 Å². The van der Waals surface area contributed by atoms with Crippen molar-refractivity contribution in [2.75, 3.05) is 0 Å². The maximum Gasteiger partial charge on any atom is 0.255 e. The van der Waals surface area contributed by atoms with Crippen LogP contribution in [0.3, 0.4) is 0 Å². The molecule has 0 heterocycles. The monoisotopic (exact) mass is 261 g/mol. The standard InChI is InChI=1S/C16H23NO2/c1-10-4-5-15(18)14(9-10)16(19)17-13-7-11(2)6-12(3)8-13/h4-5,9,11-13,18H,6-8H2,1-3H3,(H,17,19). The van der Waals surface area contributed by atoms with E-state index in [1.807, 2.05) is 6.92 Å². The van der Waals surface area contributed by atoms with Crippen molar-refractivity contribution in [3.8, 4) is 5.75 Å². The lowest BCUT2D eigenvalue weighted by Crippen LogP contribution is -2.40. The molecule has 0 aromatic heterocycles. The third-order valence-electron chi connectivity index (χ3n) is 3.91. The number of phenolic OH excluding ortho intramolecular Hbond substituents is 1. The molecule has 1 fully saturated rings. The highest BCUT2D eigenvalue weighted by molar-refractivity contribution is 5.97. The van der Waals surface area contributed by atoms with Crippen LogP contribution in [0.15, 0.2) is 18.2 Å². The summed E-state index contributed by atoms with van der Waals surface area (Å²) in [7, 11) is 0. The van der Waals surface area contributed by atoms with Crippen molar-refractivity contribution in [3.63, 3.8) is 0 Å². The summed E-state index contributed by atoms with van der Waals surface area (Å²) < 4.78 is 0. The summed E-state index contributed by atoms with van der Waals surface area (Å²) in [5.74, 6) is 1.20. The molecule has 2 rings (SSSR count). The molecule has 0 radical (unpaired) electrons. The first-order valence-electron chi connectivity index (χ1n) is 7.06. The van der Waals surface area contributed by atoms with E-state index in [-0.39, 0.29) is 17.7 Å². The van der Waals surface area contributed by atoms with Crippen LogP contribution in [0.2, 0.25) is 0 Å². The van der Waals surface area contributed by atoms with E-state index in [1.165, 1.54) is 6.42 Å². The Labute approximate surface area is 115 Å². The number of aromatic hydroxyl groups is 1. The Hall–Kier alpha value is -1.51. The lowest BCUT2D eigenvalue weighted by atomic mass is 9.80. The Morgan fingerprint density at radius 2 is 1.84 bits per heavy atom. The predicted molar refractivity (Wildman–Crippen MR) is 76.3 cm³/mol. The number of hydrogen-bond donors (Lipinski definition) is 2. The molecule has 19 heavy (non-hydrogen) atoms. The Kier molecular flexibility index (Phi) is 4.13. The molecule has 1 aliphatic rings. The highest BCUT2D eigenvalue weighted by Crippen LogP contribution is 2.29. The summed E-state index contributed by atoms with van der Waals surface area (Å²) in [6, 6.07) is 5.35. The molecule has 2 atom stereocenters. The van der Waals surface area contributed by atoms with Crippen LogP contribution in [0.1, 0.15) is 49.0 Å². The first-order chi connectivity index (χ1) is 8.95. The number of phenols is 1. The second-order valence-corrected chi connectivity index (χ2v) is 6.11. The highest BCUT2D eigenvalue weighted by atomic mass is 16.3. The Bertz CT molecular complexity index is 460. The number of amides is 1. The van der Waals surface area contributed by atoms with Gasteiger partial charge in [-0.25, -0.2) is 0 Å². The fourth-order valence-electron chi connectivity index (χ4n) is 3.16. The topological polar surface area (TPSA) is 49.3 Å². The molecule has 1 aromatic rings. The summed E-state index contributed by atoms with van der Waals surface area (Å²) >= 11 is 0. The largest absolute Gasteiger partial charge is 0.507 e. The first-order valence-corrected chi connectivity index (χ1v) is 7.06. The molecule has 2 unspecified atom stereocenters. The van der Waals surface area contributed by atoms with Gasteiger partial charge in [0.1, 0.15) is 5.75 Å². The van der Waals surface area contributed by atoms with Crippen LogP contribution < -0.4 is 5.32 Å². The van der Waals surface area contributed by atoms with Gasteiger partial charge < -0.3 is 10.4 Å². The molecule has 0 saturated heterocycles. The van der Waals surface area contributed by atoms with Crippen molar-refractivity contribution in [2.24, 2.45) is 11.8 Å². The number of hydrogen-bond acceptors (Lipinski definition) is 2. The molecule has 104 valence electrons. The van der Waals surface area contributed by atoms with E-state index in [0.717, 1.165) is 18.4 Å². The van der Waals surface area contributed by atoms with Gasteiger partial charge in [-0.15, -0.1) is 0 Å². The van der Waals surface area contributed by atoms with Crippen molar-refractivity contribution in [1.29, 1.82) is 0 Å². The Morgan fingerprint density at radius 1 is 1.21 bits per heavy atom. The van der Waals surface area contributed by atoms with Crippen LogP contribution in [0, 0.1) is 18.8 Å². The van der Waals surface area contributed by atoms with Gasteiger partial charge in [0.05, 0.1) is 5.56 Å². The Balaban J connectivity index is 2.06. The smallest absolute Gasteiger partial charge is 0.255 e. The van der Waals surface area contributed by atoms with E-state index >= 15 is 0 Å². The average molecular weight is 261 g/mol. The van der Waals surface area contributed by atoms with Crippen LogP contribution in [0.25, 0.3) is 0 Å². The van der Waals surface area contributed by atoms with Crippen molar-refractivity contribution in [1.82, 2.24) is 5.32 Å². The van der Waals surface area contributed by atoms with Gasteiger partial charge in [-0.2, -0.15) is 0 Å². The molecule has 0 spiro atoms. The number of aryl methyl sites for hydroxylation is 1. The number of nitrogens with one attached hydrogen (secondary N) is 1. The van der Waals surface area contributed by atoms with Crippen LogP contribution in [0.4, 0.5) is 0 Å². The summed E-state index contributed by atoms with van der Waals surface area (Å²) in [5.41, 5.74) is 1.36. The summed E-state index contributed by atoms with van der Waals surface area (Å²) in [6.07, 6.45) is 3.30. The third-order valence-corrected chi connectivity index (χ3v) is 3.91. The predicted octanol–water partition coefficient (Wildman–Crippen LogP) is 3.26.